The number of carbonyl (C=O) groups is 1. The molecule has 0 aromatic heterocycles. The first-order valence-electron chi connectivity index (χ1n) is 10.4. The molecule has 1 fully saturated rings. The van der Waals surface area contributed by atoms with Crippen molar-refractivity contribution >= 4 is 12.2 Å². The van der Waals surface area contributed by atoms with E-state index in [4.69, 9.17) is 4.74 Å². The first kappa shape index (κ1) is 21.1. The van der Waals surface area contributed by atoms with E-state index in [1.165, 1.54) is 11.1 Å². The molecular weight excluding hydrogens is 360 g/mol. The molecule has 1 atom stereocenters. The Bertz CT molecular complexity index is 797. The van der Waals surface area contributed by atoms with Crippen LogP contribution in [-0.4, -0.2) is 47.2 Å². The smallest absolute Gasteiger partial charge is 0.410 e. The number of benzene rings is 2. The highest BCUT2D eigenvalue weighted by Crippen LogP contribution is 2.20. The van der Waals surface area contributed by atoms with Crippen molar-refractivity contribution in [1.82, 2.24) is 9.80 Å². The van der Waals surface area contributed by atoms with Gasteiger partial charge >= 0.3 is 6.09 Å². The van der Waals surface area contributed by atoms with Gasteiger partial charge in [0.15, 0.2) is 0 Å². The second-order valence-electron chi connectivity index (χ2n) is 8.60. The third-order valence-corrected chi connectivity index (χ3v) is 4.96. The topological polar surface area (TPSA) is 32.8 Å². The van der Waals surface area contributed by atoms with Crippen LogP contribution in [0.1, 0.15) is 38.3 Å². The predicted octanol–water partition coefficient (Wildman–Crippen LogP) is 5.21. The molecule has 154 valence electrons. The monoisotopic (exact) mass is 392 g/mol. The first-order valence-corrected chi connectivity index (χ1v) is 10.4. The van der Waals surface area contributed by atoms with Gasteiger partial charge in [0, 0.05) is 26.2 Å². The Morgan fingerprint density at radius 1 is 1.03 bits per heavy atom. The average molecular weight is 393 g/mol. The van der Waals surface area contributed by atoms with Crippen molar-refractivity contribution in [1.29, 1.82) is 0 Å². The number of ether oxygens (including phenoxy) is 1. The lowest BCUT2D eigenvalue weighted by Crippen LogP contribution is -2.55. The Kier molecular flexibility index (Phi) is 7.10. The summed E-state index contributed by atoms with van der Waals surface area (Å²) in [4.78, 5) is 17.1. The molecule has 0 bridgehead atoms. The number of hydrogen-bond donors (Lipinski definition) is 0. The number of amides is 1. The SMILES string of the molecule is CC(C)(C)OC(=O)N1CCN(Cc2ccccc2)C[C@@H]1CC=Cc1ccccc1. The van der Waals surface area contributed by atoms with Crippen LogP contribution in [0.2, 0.25) is 0 Å². The summed E-state index contributed by atoms with van der Waals surface area (Å²) in [7, 11) is 0. The molecule has 3 rings (SSSR count). The minimum absolute atomic E-state index is 0.0993. The number of piperazine rings is 1. The molecule has 0 saturated carbocycles. The van der Waals surface area contributed by atoms with Crippen LogP contribution in [-0.2, 0) is 11.3 Å². The highest BCUT2D eigenvalue weighted by Gasteiger charge is 2.32. The summed E-state index contributed by atoms with van der Waals surface area (Å²) in [6.07, 6.45) is 4.89. The second-order valence-corrected chi connectivity index (χ2v) is 8.60. The number of carbonyl (C=O) groups excluding carboxylic acids is 1. The number of hydrogen-bond acceptors (Lipinski definition) is 3. The van der Waals surface area contributed by atoms with Gasteiger partial charge in [-0.3, -0.25) is 4.90 Å². The van der Waals surface area contributed by atoms with Crippen LogP contribution >= 0.6 is 0 Å². The number of nitrogens with zero attached hydrogens (tertiary/aromatic N) is 2. The molecule has 2 aromatic carbocycles. The molecule has 2 aromatic rings. The first-order chi connectivity index (χ1) is 13.9. The van der Waals surface area contributed by atoms with Crippen LogP contribution in [0.25, 0.3) is 6.08 Å². The van der Waals surface area contributed by atoms with Crippen molar-refractivity contribution in [3.8, 4) is 0 Å². The van der Waals surface area contributed by atoms with E-state index >= 15 is 0 Å². The van der Waals surface area contributed by atoms with Gasteiger partial charge in [-0.2, -0.15) is 0 Å². The fourth-order valence-corrected chi connectivity index (χ4v) is 3.59. The third kappa shape index (κ3) is 6.75. The molecule has 1 aliphatic heterocycles. The summed E-state index contributed by atoms with van der Waals surface area (Å²) in [6, 6.07) is 20.9. The van der Waals surface area contributed by atoms with Gasteiger partial charge in [0.2, 0.25) is 0 Å². The van der Waals surface area contributed by atoms with Crippen molar-refractivity contribution in [3.05, 3.63) is 77.9 Å². The standard InChI is InChI=1S/C25H32N2O2/c1-25(2,3)29-24(28)27-18-17-26(19-22-13-8-5-9-14-22)20-23(27)16-10-15-21-11-6-4-7-12-21/h4-15,23H,16-20H2,1-3H3/t23-/m0/s1. The Hall–Kier alpha value is -2.59. The molecule has 4 heteroatoms. The van der Waals surface area contributed by atoms with Crippen LogP contribution in [0, 0.1) is 0 Å². The molecular formula is C25H32N2O2. The van der Waals surface area contributed by atoms with Crippen molar-refractivity contribution < 1.29 is 9.53 Å². The Balaban J connectivity index is 1.68. The summed E-state index contributed by atoms with van der Waals surface area (Å²) < 4.78 is 5.67. The molecule has 1 aliphatic rings. The van der Waals surface area contributed by atoms with Gasteiger partial charge in [0.25, 0.3) is 0 Å². The second kappa shape index (κ2) is 9.75. The van der Waals surface area contributed by atoms with E-state index in [1.54, 1.807) is 0 Å². The minimum atomic E-state index is -0.483. The lowest BCUT2D eigenvalue weighted by Gasteiger charge is -2.41. The molecule has 0 radical (unpaired) electrons. The summed E-state index contributed by atoms with van der Waals surface area (Å²) >= 11 is 0. The van der Waals surface area contributed by atoms with Crippen molar-refractivity contribution in [2.24, 2.45) is 0 Å². The lowest BCUT2D eigenvalue weighted by molar-refractivity contribution is -0.00190. The van der Waals surface area contributed by atoms with E-state index in [2.05, 4.69) is 53.5 Å². The summed E-state index contributed by atoms with van der Waals surface area (Å²) in [5, 5.41) is 0. The van der Waals surface area contributed by atoms with Crippen LogP contribution in [0.15, 0.2) is 66.7 Å². The largest absolute Gasteiger partial charge is 0.444 e. The molecule has 0 N–H and O–H groups in total. The maximum atomic E-state index is 12.8. The van der Waals surface area contributed by atoms with Crippen LogP contribution in [0.3, 0.4) is 0 Å². The van der Waals surface area contributed by atoms with Gasteiger partial charge in [-0.15, -0.1) is 0 Å². The van der Waals surface area contributed by atoms with E-state index in [0.717, 1.165) is 26.1 Å². The van der Waals surface area contributed by atoms with Crippen molar-refractivity contribution in [2.45, 2.75) is 45.4 Å². The van der Waals surface area contributed by atoms with Gasteiger partial charge in [-0.25, -0.2) is 4.79 Å². The molecule has 1 saturated heterocycles. The molecule has 29 heavy (non-hydrogen) atoms. The fourth-order valence-electron chi connectivity index (χ4n) is 3.59. The van der Waals surface area contributed by atoms with Crippen molar-refractivity contribution in [3.63, 3.8) is 0 Å². The predicted molar refractivity (Wildman–Crippen MR) is 119 cm³/mol. The average Bonchev–Trinajstić information content (AvgIpc) is 2.68. The molecule has 0 spiro atoms. The van der Waals surface area contributed by atoms with E-state index in [9.17, 15) is 4.79 Å². The summed E-state index contributed by atoms with van der Waals surface area (Å²) in [5.74, 6) is 0. The van der Waals surface area contributed by atoms with Gasteiger partial charge in [0.05, 0.1) is 6.04 Å². The van der Waals surface area contributed by atoms with Gasteiger partial charge in [-0.05, 0) is 38.3 Å². The van der Waals surface area contributed by atoms with E-state index in [1.807, 2.05) is 49.9 Å². The van der Waals surface area contributed by atoms with E-state index in [-0.39, 0.29) is 12.1 Å². The zero-order valence-electron chi connectivity index (χ0n) is 17.8. The Morgan fingerprint density at radius 2 is 1.69 bits per heavy atom. The summed E-state index contributed by atoms with van der Waals surface area (Å²) in [5.41, 5.74) is 1.99. The zero-order chi connectivity index (χ0) is 20.7. The molecule has 0 unspecified atom stereocenters. The Labute approximate surface area is 174 Å². The normalized spacial score (nSPS) is 18.2. The molecule has 1 heterocycles. The molecule has 0 aliphatic carbocycles. The Morgan fingerprint density at radius 3 is 2.34 bits per heavy atom. The number of rotatable bonds is 5. The maximum absolute atomic E-state index is 12.8. The fraction of sp³-hybridized carbons (Fsp3) is 0.400. The summed E-state index contributed by atoms with van der Waals surface area (Å²) in [6.45, 7) is 9.04. The van der Waals surface area contributed by atoms with Crippen LogP contribution < -0.4 is 0 Å². The van der Waals surface area contributed by atoms with Crippen molar-refractivity contribution in [2.75, 3.05) is 19.6 Å². The van der Waals surface area contributed by atoms with Gasteiger partial charge in [0.1, 0.15) is 5.60 Å². The molecule has 1 amide bonds. The minimum Gasteiger partial charge on any atom is -0.444 e. The highest BCUT2D eigenvalue weighted by atomic mass is 16.6. The zero-order valence-corrected chi connectivity index (χ0v) is 17.8. The highest BCUT2D eigenvalue weighted by molar-refractivity contribution is 5.69. The van der Waals surface area contributed by atoms with E-state index < -0.39 is 5.60 Å². The molecule has 4 nitrogen and oxygen atoms in total. The van der Waals surface area contributed by atoms with Crippen LogP contribution in [0.4, 0.5) is 4.79 Å². The van der Waals surface area contributed by atoms with Gasteiger partial charge < -0.3 is 9.64 Å². The third-order valence-electron chi connectivity index (χ3n) is 4.96. The lowest BCUT2D eigenvalue weighted by atomic mass is 10.1. The van der Waals surface area contributed by atoms with E-state index in [0.29, 0.717) is 6.54 Å². The van der Waals surface area contributed by atoms with Crippen LogP contribution in [0.5, 0.6) is 0 Å². The van der Waals surface area contributed by atoms with Gasteiger partial charge in [-0.1, -0.05) is 72.8 Å². The maximum Gasteiger partial charge on any atom is 0.410 e. The quantitative estimate of drug-likeness (QED) is 0.700.